The van der Waals surface area contributed by atoms with Crippen LogP contribution in [-0.2, 0) is 31.1 Å². The zero-order chi connectivity index (χ0) is 19.1. The van der Waals surface area contributed by atoms with Gasteiger partial charge in [-0.3, -0.25) is 9.69 Å². The first-order valence-corrected chi connectivity index (χ1v) is 11.9. The standard InChI is InChI=1S/C16H23N3O5S2/c1-2-18(13-6-8-25(21,22)11-13)10-16(20)19-7-5-12-9-14(26(17,23)24)3-4-15(12)19/h3-4,9,13H,2,5-8,10-11H2,1H3,(H2,17,23,24). The lowest BCUT2D eigenvalue weighted by molar-refractivity contribution is -0.120. The van der Waals surface area contributed by atoms with Gasteiger partial charge in [0.05, 0.1) is 22.9 Å². The molecule has 0 radical (unpaired) electrons. The molecular formula is C16H23N3O5S2. The van der Waals surface area contributed by atoms with E-state index in [9.17, 15) is 21.6 Å². The Bertz CT molecular complexity index is 927. The summed E-state index contributed by atoms with van der Waals surface area (Å²) in [6, 6.07) is 4.40. The van der Waals surface area contributed by atoms with Crippen LogP contribution in [-0.4, -0.2) is 64.8 Å². The van der Waals surface area contributed by atoms with Crippen LogP contribution in [0, 0.1) is 0 Å². The fraction of sp³-hybridized carbons (Fsp3) is 0.562. The van der Waals surface area contributed by atoms with Crippen LogP contribution in [0.2, 0.25) is 0 Å². The molecule has 26 heavy (non-hydrogen) atoms. The van der Waals surface area contributed by atoms with Crippen molar-refractivity contribution in [1.29, 1.82) is 0 Å². The molecule has 1 fully saturated rings. The van der Waals surface area contributed by atoms with E-state index in [4.69, 9.17) is 5.14 Å². The SMILES string of the molecule is CCN(CC(=O)N1CCc2cc(S(N)(=O)=O)ccc21)C1CCS(=O)(=O)C1. The molecule has 2 aliphatic heterocycles. The van der Waals surface area contributed by atoms with E-state index in [1.165, 1.54) is 12.1 Å². The van der Waals surface area contributed by atoms with Gasteiger partial charge in [0.15, 0.2) is 9.84 Å². The van der Waals surface area contributed by atoms with Crippen molar-refractivity contribution >= 4 is 31.5 Å². The number of nitrogens with zero attached hydrogens (tertiary/aromatic N) is 2. The van der Waals surface area contributed by atoms with Crippen LogP contribution in [0.3, 0.4) is 0 Å². The highest BCUT2D eigenvalue weighted by Gasteiger charge is 2.34. The highest BCUT2D eigenvalue weighted by Crippen LogP contribution is 2.30. The van der Waals surface area contributed by atoms with Crippen molar-refractivity contribution in [2.45, 2.75) is 30.7 Å². The molecule has 0 saturated carbocycles. The van der Waals surface area contributed by atoms with Gasteiger partial charge in [-0.15, -0.1) is 0 Å². The number of rotatable bonds is 5. The Hall–Kier alpha value is -1.49. The maximum Gasteiger partial charge on any atom is 0.241 e. The number of anilines is 1. The molecule has 3 rings (SSSR count). The molecular weight excluding hydrogens is 378 g/mol. The largest absolute Gasteiger partial charge is 0.311 e. The number of sulfone groups is 1. The van der Waals surface area contributed by atoms with Crippen LogP contribution < -0.4 is 10.0 Å². The van der Waals surface area contributed by atoms with E-state index in [2.05, 4.69) is 0 Å². The number of amides is 1. The van der Waals surface area contributed by atoms with Gasteiger partial charge in [-0.25, -0.2) is 22.0 Å². The minimum absolute atomic E-state index is 0.0388. The van der Waals surface area contributed by atoms with Crippen molar-refractivity contribution < 1.29 is 21.6 Å². The highest BCUT2D eigenvalue weighted by atomic mass is 32.2. The third-order valence-corrected chi connectivity index (χ3v) is 7.71. The summed E-state index contributed by atoms with van der Waals surface area (Å²) in [7, 11) is -6.78. The fourth-order valence-corrected chi connectivity index (χ4v) is 5.96. The molecule has 1 saturated heterocycles. The molecule has 2 N–H and O–H groups in total. The summed E-state index contributed by atoms with van der Waals surface area (Å²) in [5, 5.41) is 5.16. The second-order valence-corrected chi connectivity index (χ2v) is 10.5. The smallest absolute Gasteiger partial charge is 0.241 e. The zero-order valence-corrected chi connectivity index (χ0v) is 16.2. The highest BCUT2D eigenvalue weighted by molar-refractivity contribution is 7.91. The van der Waals surface area contributed by atoms with E-state index in [0.29, 0.717) is 31.6 Å². The van der Waals surface area contributed by atoms with Crippen molar-refractivity contribution in [1.82, 2.24) is 4.90 Å². The predicted molar refractivity (Wildman–Crippen MR) is 98.2 cm³/mol. The topological polar surface area (TPSA) is 118 Å². The monoisotopic (exact) mass is 401 g/mol. The second kappa shape index (κ2) is 6.91. The van der Waals surface area contributed by atoms with Crippen LogP contribution >= 0.6 is 0 Å². The molecule has 2 aliphatic rings. The number of carbonyl (C=O) groups is 1. The Labute approximate surface area is 153 Å². The molecule has 0 spiro atoms. The molecule has 1 amide bonds. The Morgan fingerprint density at radius 2 is 2.12 bits per heavy atom. The quantitative estimate of drug-likeness (QED) is 0.726. The number of sulfonamides is 1. The minimum Gasteiger partial charge on any atom is -0.311 e. The molecule has 2 heterocycles. The Balaban J connectivity index is 1.74. The van der Waals surface area contributed by atoms with Gasteiger partial charge in [0.2, 0.25) is 15.9 Å². The minimum atomic E-state index is -3.78. The molecule has 10 heteroatoms. The first-order chi connectivity index (χ1) is 12.1. The maximum atomic E-state index is 12.8. The van der Waals surface area contributed by atoms with Crippen molar-refractivity contribution in [3.8, 4) is 0 Å². The summed E-state index contributed by atoms with van der Waals surface area (Å²) >= 11 is 0. The van der Waals surface area contributed by atoms with Crippen molar-refractivity contribution in [3.63, 3.8) is 0 Å². The van der Waals surface area contributed by atoms with Crippen molar-refractivity contribution in [2.24, 2.45) is 5.14 Å². The summed E-state index contributed by atoms with van der Waals surface area (Å²) in [5.74, 6) is 0.159. The molecule has 8 nitrogen and oxygen atoms in total. The van der Waals surface area contributed by atoms with E-state index in [-0.39, 0.29) is 34.9 Å². The van der Waals surface area contributed by atoms with Gasteiger partial charge in [0, 0.05) is 18.3 Å². The number of hydrogen-bond acceptors (Lipinski definition) is 6. The molecule has 1 aromatic carbocycles. The first kappa shape index (κ1) is 19.3. The molecule has 0 aromatic heterocycles. The van der Waals surface area contributed by atoms with Gasteiger partial charge in [0.1, 0.15) is 0 Å². The van der Waals surface area contributed by atoms with E-state index in [1.807, 2.05) is 11.8 Å². The average molecular weight is 402 g/mol. The molecule has 0 bridgehead atoms. The number of primary sulfonamides is 1. The third kappa shape index (κ3) is 3.93. The lowest BCUT2D eigenvalue weighted by Crippen LogP contribution is -2.44. The zero-order valence-electron chi connectivity index (χ0n) is 14.6. The second-order valence-electron chi connectivity index (χ2n) is 6.75. The Kier molecular flexibility index (Phi) is 5.13. The van der Waals surface area contributed by atoms with Gasteiger partial charge in [-0.2, -0.15) is 0 Å². The number of nitrogens with two attached hydrogens (primary N) is 1. The molecule has 0 aliphatic carbocycles. The summed E-state index contributed by atoms with van der Waals surface area (Å²) < 4.78 is 46.3. The molecule has 1 unspecified atom stereocenters. The number of hydrogen-bond donors (Lipinski definition) is 1. The van der Waals surface area contributed by atoms with E-state index in [0.717, 1.165) is 5.56 Å². The van der Waals surface area contributed by atoms with Crippen molar-refractivity contribution in [3.05, 3.63) is 23.8 Å². The summed E-state index contributed by atoms with van der Waals surface area (Å²) in [5.41, 5.74) is 1.47. The lowest BCUT2D eigenvalue weighted by atomic mass is 10.2. The maximum absolute atomic E-state index is 12.8. The van der Waals surface area contributed by atoms with Crippen LogP contribution in [0.5, 0.6) is 0 Å². The summed E-state index contributed by atoms with van der Waals surface area (Å²) in [4.78, 5) is 16.3. The normalized spacial score (nSPS) is 22.0. The van der Waals surface area contributed by atoms with Gasteiger partial charge in [-0.1, -0.05) is 6.92 Å². The van der Waals surface area contributed by atoms with Crippen LogP contribution in [0.15, 0.2) is 23.1 Å². The van der Waals surface area contributed by atoms with Gasteiger partial charge >= 0.3 is 0 Å². The van der Waals surface area contributed by atoms with Crippen LogP contribution in [0.25, 0.3) is 0 Å². The average Bonchev–Trinajstić information content (AvgIpc) is 3.14. The Morgan fingerprint density at radius 3 is 2.69 bits per heavy atom. The first-order valence-electron chi connectivity index (χ1n) is 8.51. The number of fused-ring (bicyclic) bond motifs is 1. The number of likely N-dealkylation sites (N-methyl/N-ethyl adjacent to an activating group) is 1. The molecule has 1 aromatic rings. The van der Waals surface area contributed by atoms with Gasteiger partial charge in [-0.05, 0) is 43.1 Å². The van der Waals surface area contributed by atoms with Crippen molar-refractivity contribution in [2.75, 3.05) is 36.0 Å². The fourth-order valence-electron chi connectivity index (χ4n) is 3.64. The lowest BCUT2D eigenvalue weighted by Gasteiger charge is -2.28. The summed E-state index contributed by atoms with van der Waals surface area (Å²) in [6.07, 6.45) is 1.12. The van der Waals surface area contributed by atoms with Gasteiger partial charge < -0.3 is 4.90 Å². The predicted octanol–water partition coefficient (Wildman–Crippen LogP) is -0.268. The molecule has 144 valence electrons. The van der Waals surface area contributed by atoms with Crippen LogP contribution in [0.1, 0.15) is 18.9 Å². The molecule has 1 atom stereocenters. The number of carbonyl (C=O) groups excluding carboxylic acids is 1. The number of benzene rings is 1. The van der Waals surface area contributed by atoms with Crippen LogP contribution in [0.4, 0.5) is 5.69 Å². The third-order valence-electron chi connectivity index (χ3n) is 5.05. The van der Waals surface area contributed by atoms with E-state index >= 15 is 0 Å². The summed E-state index contributed by atoms with van der Waals surface area (Å²) in [6.45, 7) is 3.13. The van der Waals surface area contributed by atoms with E-state index < -0.39 is 19.9 Å². The van der Waals surface area contributed by atoms with Gasteiger partial charge in [0.25, 0.3) is 0 Å². The van der Waals surface area contributed by atoms with E-state index in [1.54, 1.807) is 11.0 Å². The Morgan fingerprint density at radius 1 is 1.38 bits per heavy atom.